The number of hydrogen-bond donors (Lipinski definition) is 1. The lowest BCUT2D eigenvalue weighted by molar-refractivity contribution is 0.0951. The van der Waals surface area contributed by atoms with Crippen molar-refractivity contribution in [2.75, 3.05) is 29.6 Å². The predicted molar refractivity (Wildman–Crippen MR) is 109 cm³/mol. The lowest BCUT2D eigenvalue weighted by Crippen LogP contribution is -2.34. The summed E-state index contributed by atoms with van der Waals surface area (Å²) < 4.78 is 25.4. The van der Waals surface area contributed by atoms with Gasteiger partial charge in [0.1, 0.15) is 0 Å². The quantitative estimate of drug-likeness (QED) is 0.855. The number of nitrogens with zero attached hydrogens (tertiary/aromatic N) is 2. The average Bonchev–Trinajstić information content (AvgIpc) is 2.94. The maximum Gasteiger partial charge on any atom is 0.251 e. The van der Waals surface area contributed by atoms with E-state index in [1.165, 1.54) is 10.6 Å². The van der Waals surface area contributed by atoms with Crippen molar-refractivity contribution in [1.29, 1.82) is 0 Å². The zero-order chi connectivity index (χ0) is 19.8. The molecule has 144 valence electrons. The van der Waals surface area contributed by atoms with Crippen LogP contribution in [0, 0.1) is 0 Å². The summed E-state index contributed by atoms with van der Waals surface area (Å²) in [6.45, 7) is 2.31. The van der Waals surface area contributed by atoms with E-state index in [1.54, 1.807) is 18.2 Å². The predicted octanol–water partition coefficient (Wildman–Crippen LogP) is 2.39. The maximum atomic E-state index is 12.5. The summed E-state index contributed by atoms with van der Waals surface area (Å²) in [5.74, 6) is -0.167. The molecule has 1 aliphatic rings. The molecule has 0 aromatic heterocycles. The standard InChI is InChI=1S/C20H25N3O3S/c1-14-11-17-12-16(7-10-19(17)23(14)27(4,25)26)20(24)21-13-15-5-8-18(9-6-15)22(2)3/h5-10,12,14H,11,13H2,1-4H3,(H,21,24). The molecule has 1 N–H and O–H groups in total. The molecule has 1 aliphatic heterocycles. The Labute approximate surface area is 160 Å². The van der Waals surface area contributed by atoms with Gasteiger partial charge in [-0.05, 0) is 54.8 Å². The van der Waals surface area contributed by atoms with Crippen molar-refractivity contribution in [3.8, 4) is 0 Å². The van der Waals surface area contributed by atoms with Gasteiger partial charge in [-0.1, -0.05) is 12.1 Å². The van der Waals surface area contributed by atoms with E-state index in [1.807, 2.05) is 50.2 Å². The van der Waals surface area contributed by atoms with Crippen LogP contribution in [0.3, 0.4) is 0 Å². The molecule has 2 aromatic carbocycles. The number of nitrogens with one attached hydrogen (secondary N) is 1. The molecule has 0 bridgehead atoms. The van der Waals surface area contributed by atoms with Gasteiger partial charge < -0.3 is 10.2 Å². The first-order valence-electron chi connectivity index (χ1n) is 8.83. The van der Waals surface area contributed by atoms with Gasteiger partial charge in [-0.2, -0.15) is 0 Å². The van der Waals surface area contributed by atoms with Crippen LogP contribution in [0.25, 0.3) is 0 Å². The summed E-state index contributed by atoms with van der Waals surface area (Å²) in [6.07, 6.45) is 1.82. The fraction of sp³-hybridized carbons (Fsp3) is 0.350. The lowest BCUT2D eigenvalue weighted by Gasteiger charge is -2.21. The Morgan fingerprint density at radius 1 is 1.19 bits per heavy atom. The molecule has 0 radical (unpaired) electrons. The zero-order valence-electron chi connectivity index (χ0n) is 16.1. The summed E-state index contributed by atoms with van der Waals surface area (Å²) in [4.78, 5) is 14.5. The third-order valence-corrected chi connectivity index (χ3v) is 6.03. The minimum Gasteiger partial charge on any atom is -0.378 e. The highest BCUT2D eigenvalue weighted by Crippen LogP contribution is 2.34. The lowest BCUT2D eigenvalue weighted by atomic mass is 10.1. The molecule has 1 heterocycles. The highest BCUT2D eigenvalue weighted by molar-refractivity contribution is 7.92. The fourth-order valence-electron chi connectivity index (χ4n) is 3.45. The molecule has 0 aliphatic carbocycles. The van der Waals surface area contributed by atoms with Crippen LogP contribution in [0.1, 0.15) is 28.4 Å². The summed E-state index contributed by atoms with van der Waals surface area (Å²) >= 11 is 0. The Balaban J connectivity index is 1.71. The molecule has 0 spiro atoms. The number of benzene rings is 2. The van der Waals surface area contributed by atoms with E-state index < -0.39 is 10.0 Å². The molecule has 1 atom stereocenters. The van der Waals surface area contributed by atoms with Crippen LogP contribution in [0.2, 0.25) is 0 Å². The molecular formula is C20H25N3O3S. The molecule has 27 heavy (non-hydrogen) atoms. The van der Waals surface area contributed by atoms with Gasteiger partial charge in [0, 0.05) is 37.9 Å². The number of fused-ring (bicyclic) bond motifs is 1. The van der Waals surface area contributed by atoms with Crippen LogP contribution in [0.5, 0.6) is 0 Å². The molecule has 7 heteroatoms. The fourth-order valence-corrected chi connectivity index (χ4v) is 4.71. The Morgan fingerprint density at radius 3 is 2.44 bits per heavy atom. The number of hydrogen-bond acceptors (Lipinski definition) is 4. The molecule has 0 fully saturated rings. The van der Waals surface area contributed by atoms with Crippen LogP contribution in [-0.2, 0) is 23.0 Å². The van der Waals surface area contributed by atoms with Crippen LogP contribution < -0.4 is 14.5 Å². The maximum absolute atomic E-state index is 12.5. The molecule has 1 amide bonds. The smallest absolute Gasteiger partial charge is 0.251 e. The van der Waals surface area contributed by atoms with E-state index in [9.17, 15) is 13.2 Å². The van der Waals surface area contributed by atoms with Gasteiger partial charge in [0.05, 0.1) is 11.9 Å². The Hall–Kier alpha value is -2.54. The number of carbonyl (C=O) groups excluding carboxylic acids is 1. The van der Waals surface area contributed by atoms with Crippen molar-refractivity contribution < 1.29 is 13.2 Å². The van der Waals surface area contributed by atoms with E-state index in [4.69, 9.17) is 0 Å². The van der Waals surface area contributed by atoms with Gasteiger partial charge in [0.2, 0.25) is 10.0 Å². The van der Waals surface area contributed by atoms with Gasteiger partial charge in [0.15, 0.2) is 0 Å². The van der Waals surface area contributed by atoms with Gasteiger partial charge >= 0.3 is 0 Å². The Morgan fingerprint density at radius 2 is 1.85 bits per heavy atom. The first kappa shape index (κ1) is 19.2. The Kier molecular flexibility index (Phi) is 5.15. The van der Waals surface area contributed by atoms with Crippen molar-refractivity contribution >= 4 is 27.3 Å². The minimum atomic E-state index is -3.32. The second kappa shape index (κ2) is 7.23. The highest BCUT2D eigenvalue weighted by Gasteiger charge is 2.32. The first-order chi connectivity index (χ1) is 12.7. The Bertz CT molecular complexity index is 953. The summed E-state index contributed by atoms with van der Waals surface area (Å²) in [7, 11) is 0.640. The highest BCUT2D eigenvalue weighted by atomic mass is 32.2. The van der Waals surface area contributed by atoms with Crippen LogP contribution in [0.15, 0.2) is 42.5 Å². The van der Waals surface area contributed by atoms with Gasteiger partial charge in [-0.15, -0.1) is 0 Å². The number of anilines is 2. The zero-order valence-corrected chi connectivity index (χ0v) is 16.9. The number of carbonyl (C=O) groups is 1. The monoisotopic (exact) mass is 387 g/mol. The van der Waals surface area contributed by atoms with Crippen molar-refractivity contribution in [3.05, 3.63) is 59.2 Å². The molecular weight excluding hydrogens is 362 g/mol. The first-order valence-corrected chi connectivity index (χ1v) is 10.7. The van der Waals surface area contributed by atoms with Gasteiger partial charge in [-0.25, -0.2) is 8.42 Å². The van der Waals surface area contributed by atoms with Crippen LogP contribution >= 0.6 is 0 Å². The van der Waals surface area contributed by atoms with Crippen LogP contribution in [0.4, 0.5) is 11.4 Å². The molecule has 6 nitrogen and oxygen atoms in total. The molecule has 3 rings (SSSR count). The topological polar surface area (TPSA) is 69.7 Å². The largest absolute Gasteiger partial charge is 0.378 e. The van der Waals surface area contributed by atoms with Gasteiger partial charge in [0.25, 0.3) is 5.91 Å². The van der Waals surface area contributed by atoms with Crippen molar-refractivity contribution in [2.24, 2.45) is 0 Å². The van der Waals surface area contributed by atoms with Crippen molar-refractivity contribution in [2.45, 2.75) is 25.9 Å². The third kappa shape index (κ3) is 4.08. The second-order valence-corrected chi connectivity index (χ2v) is 9.06. The summed E-state index contributed by atoms with van der Waals surface area (Å²) in [5, 5.41) is 2.92. The normalized spacial score (nSPS) is 16.1. The van der Waals surface area contributed by atoms with E-state index in [0.29, 0.717) is 24.2 Å². The minimum absolute atomic E-state index is 0.136. The van der Waals surface area contributed by atoms with Gasteiger partial charge in [-0.3, -0.25) is 9.10 Å². The summed E-state index contributed by atoms with van der Waals surface area (Å²) in [5.41, 5.74) is 4.22. The third-order valence-electron chi connectivity index (χ3n) is 4.76. The number of sulfonamides is 1. The SMILES string of the molecule is CC1Cc2cc(C(=O)NCc3ccc(N(C)C)cc3)ccc2N1S(C)(=O)=O. The molecule has 2 aromatic rings. The average molecular weight is 388 g/mol. The number of rotatable bonds is 5. The molecule has 0 saturated heterocycles. The van der Waals surface area contributed by atoms with E-state index >= 15 is 0 Å². The molecule has 0 saturated carbocycles. The van der Waals surface area contributed by atoms with Crippen LogP contribution in [-0.4, -0.2) is 40.7 Å². The van der Waals surface area contributed by atoms with Crippen molar-refractivity contribution in [3.63, 3.8) is 0 Å². The van der Waals surface area contributed by atoms with E-state index in [2.05, 4.69) is 5.32 Å². The van der Waals surface area contributed by atoms with E-state index in [0.717, 1.165) is 16.8 Å². The number of amides is 1. The molecule has 1 unspecified atom stereocenters. The van der Waals surface area contributed by atoms with Crippen molar-refractivity contribution in [1.82, 2.24) is 5.32 Å². The van der Waals surface area contributed by atoms with E-state index in [-0.39, 0.29) is 11.9 Å². The second-order valence-electron chi connectivity index (χ2n) is 7.20. The summed E-state index contributed by atoms with van der Waals surface area (Å²) in [6, 6.07) is 13.1.